The highest BCUT2D eigenvalue weighted by atomic mass is 15.1. The Bertz CT molecular complexity index is 509. The van der Waals surface area contributed by atoms with Gasteiger partial charge in [0.2, 0.25) is 0 Å². The average molecular weight is 272 g/mol. The van der Waals surface area contributed by atoms with Crippen LogP contribution in [0, 0.1) is 0 Å². The lowest BCUT2D eigenvalue weighted by Crippen LogP contribution is -1.74. The summed E-state index contributed by atoms with van der Waals surface area (Å²) in [5.74, 6) is 0. The first kappa shape index (κ1) is 17.9. The Morgan fingerprint density at radius 1 is 0.600 bits per heavy atom. The molecule has 4 nitrogen and oxygen atoms in total. The number of fused-ring (bicyclic) bond motifs is 1. The minimum atomic E-state index is 0.855. The summed E-state index contributed by atoms with van der Waals surface area (Å²) in [7, 11) is 3.32. The van der Waals surface area contributed by atoms with E-state index in [2.05, 4.69) is 20.5 Å². The lowest BCUT2D eigenvalue weighted by Gasteiger charge is -2.03. The van der Waals surface area contributed by atoms with Gasteiger partial charge in [0.05, 0.1) is 11.4 Å². The fourth-order valence-electron chi connectivity index (χ4n) is 1.66. The van der Waals surface area contributed by atoms with Gasteiger partial charge in [-0.1, -0.05) is 52.0 Å². The molecule has 4 heteroatoms. The van der Waals surface area contributed by atoms with Crippen molar-refractivity contribution in [2.24, 2.45) is 20.5 Å². The van der Waals surface area contributed by atoms with Crippen molar-refractivity contribution in [2.45, 2.75) is 27.7 Å². The van der Waals surface area contributed by atoms with Crippen LogP contribution in [0.15, 0.2) is 56.9 Å². The molecule has 2 rings (SSSR count). The molecule has 0 radical (unpaired) electrons. The summed E-state index contributed by atoms with van der Waals surface area (Å²) in [5.41, 5.74) is 1.71. The molecule has 0 atom stereocenters. The highest BCUT2D eigenvalue weighted by molar-refractivity contribution is 5.99. The lowest BCUT2D eigenvalue weighted by molar-refractivity contribution is 1.16. The molecule has 2 aromatic carbocycles. The Labute approximate surface area is 121 Å². The molecular weight excluding hydrogens is 248 g/mol. The first-order valence-corrected chi connectivity index (χ1v) is 6.98. The zero-order valence-corrected chi connectivity index (χ0v) is 13.3. The van der Waals surface area contributed by atoms with E-state index in [1.807, 2.05) is 64.1 Å². The Morgan fingerprint density at radius 3 is 1.25 bits per heavy atom. The van der Waals surface area contributed by atoms with Gasteiger partial charge < -0.3 is 0 Å². The van der Waals surface area contributed by atoms with Gasteiger partial charge in [0.1, 0.15) is 0 Å². The molecule has 0 unspecified atom stereocenters. The number of nitrogens with zero attached hydrogens (tertiary/aromatic N) is 4. The summed E-state index contributed by atoms with van der Waals surface area (Å²) < 4.78 is 0. The average Bonchev–Trinajstić information content (AvgIpc) is 2.54. The van der Waals surface area contributed by atoms with Crippen LogP contribution >= 0.6 is 0 Å². The molecule has 108 valence electrons. The minimum absolute atomic E-state index is 0.855. The summed E-state index contributed by atoms with van der Waals surface area (Å²) >= 11 is 0. The predicted octanol–water partition coefficient (Wildman–Crippen LogP) is 6.32. The third-order valence-electron chi connectivity index (χ3n) is 2.29. The Balaban J connectivity index is 0.000000829. The SMILES string of the molecule is CC.CC.CN=Nc1ccc(N=NC)c2ccccc12. The van der Waals surface area contributed by atoms with E-state index in [9.17, 15) is 0 Å². The van der Waals surface area contributed by atoms with Crippen LogP contribution in [-0.4, -0.2) is 14.1 Å². The Hall–Kier alpha value is -2.10. The number of hydrogen-bond acceptors (Lipinski definition) is 4. The van der Waals surface area contributed by atoms with Gasteiger partial charge in [-0.05, 0) is 12.1 Å². The summed E-state index contributed by atoms with van der Waals surface area (Å²) in [5, 5.41) is 17.9. The fraction of sp³-hybridized carbons (Fsp3) is 0.375. The maximum absolute atomic E-state index is 4.09. The largest absolute Gasteiger partial charge is 0.192 e. The Kier molecular flexibility index (Phi) is 9.66. The van der Waals surface area contributed by atoms with E-state index in [0.717, 1.165) is 22.1 Å². The van der Waals surface area contributed by atoms with Crippen molar-refractivity contribution in [3.63, 3.8) is 0 Å². The molecular formula is C16H24N4. The van der Waals surface area contributed by atoms with E-state index in [0.29, 0.717) is 0 Å². The summed E-state index contributed by atoms with van der Waals surface area (Å²) in [6, 6.07) is 11.8. The topological polar surface area (TPSA) is 49.4 Å². The van der Waals surface area contributed by atoms with Crippen molar-refractivity contribution in [3.05, 3.63) is 36.4 Å². The zero-order valence-electron chi connectivity index (χ0n) is 13.3. The van der Waals surface area contributed by atoms with Gasteiger partial charge in [-0.25, -0.2) is 0 Å². The van der Waals surface area contributed by atoms with Gasteiger partial charge in [-0.15, -0.1) is 0 Å². The quantitative estimate of drug-likeness (QED) is 0.574. The third-order valence-corrected chi connectivity index (χ3v) is 2.29. The Morgan fingerprint density at radius 2 is 0.950 bits per heavy atom. The first-order valence-electron chi connectivity index (χ1n) is 6.98. The van der Waals surface area contributed by atoms with Gasteiger partial charge in [-0.2, -0.15) is 20.5 Å². The van der Waals surface area contributed by atoms with E-state index < -0.39 is 0 Å². The van der Waals surface area contributed by atoms with Crippen LogP contribution in [0.25, 0.3) is 10.8 Å². The van der Waals surface area contributed by atoms with Gasteiger partial charge in [0, 0.05) is 24.9 Å². The second kappa shape index (κ2) is 10.8. The van der Waals surface area contributed by atoms with Crippen molar-refractivity contribution < 1.29 is 0 Å². The van der Waals surface area contributed by atoms with Crippen LogP contribution in [0.1, 0.15) is 27.7 Å². The molecule has 0 N–H and O–H groups in total. The van der Waals surface area contributed by atoms with Gasteiger partial charge in [-0.3, -0.25) is 0 Å². The van der Waals surface area contributed by atoms with E-state index in [1.165, 1.54) is 0 Å². The number of rotatable bonds is 2. The molecule has 0 bridgehead atoms. The van der Waals surface area contributed by atoms with E-state index >= 15 is 0 Å². The molecule has 0 spiro atoms. The van der Waals surface area contributed by atoms with Gasteiger partial charge in [0.15, 0.2) is 0 Å². The van der Waals surface area contributed by atoms with Crippen molar-refractivity contribution in [3.8, 4) is 0 Å². The van der Waals surface area contributed by atoms with Crippen molar-refractivity contribution in [2.75, 3.05) is 14.1 Å². The van der Waals surface area contributed by atoms with Crippen LogP contribution in [0.5, 0.6) is 0 Å². The second-order valence-corrected chi connectivity index (χ2v) is 3.25. The van der Waals surface area contributed by atoms with E-state index in [-0.39, 0.29) is 0 Å². The predicted molar refractivity (Wildman–Crippen MR) is 87.5 cm³/mol. The van der Waals surface area contributed by atoms with Crippen LogP contribution < -0.4 is 0 Å². The van der Waals surface area contributed by atoms with Crippen molar-refractivity contribution in [1.82, 2.24) is 0 Å². The van der Waals surface area contributed by atoms with Crippen molar-refractivity contribution in [1.29, 1.82) is 0 Å². The maximum Gasteiger partial charge on any atom is 0.0932 e. The lowest BCUT2D eigenvalue weighted by atomic mass is 10.1. The maximum atomic E-state index is 4.09. The summed E-state index contributed by atoms with van der Waals surface area (Å²) in [6.07, 6.45) is 0. The van der Waals surface area contributed by atoms with Crippen molar-refractivity contribution >= 4 is 22.1 Å². The van der Waals surface area contributed by atoms with E-state index in [1.54, 1.807) is 14.1 Å². The summed E-state index contributed by atoms with van der Waals surface area (Å²) in [6.45, 7) is 8.00. The molecule has 0 saturated heterocycles. The molecule has 2 aromatic rings. The zero-order chi connectivity index (χ0) is 15.4. The first-order chi connectivity index (χ1) is 9.86. The molecule has 0 aromatic heterocycles. The second-order valence-electron chi connectivity index (χ2n) is 3.25. The molecule has 0 aliphatic heterocycles. The van der Waals surface area contributed by atoms with Gasteiger partial charge in [0.25, 0.3) is 0 Å². The van der Waals surface area contributed by atoms with E-state index in [4.69, 9.17) is 0 Å². The molecule has 0 aliphatic carbocycles. The molecule has 0 aliphatic rings. The van der Waals surface area contributed by atoms with Crippen LogP contribution in [0.2, 0.25) is 0 Å². The third kappa shape index (κ3) is 4.53. The normalized spacial score (nSPS) is 10.1. The standard InChI is InChI=1S/C12H12N4.2C2H6/c1-13-15-11-7-8-12(16-14-2)10-6-4-3-5-9(10)11;2*1-2/h3-8H,1-2H3;2*1-2H3. The van der Waals surface area contributed by atoms with Crippen LogP contribution in [0.3, 0.4) is 0 Å². The minimum Gasteiger partial charge on any atom is -0.192 e. The highest BCUT2D eigenvalue weighted by Crippen LogP contribution is 2.33. The fourth-order valence-corrected chi connectivity index (χ4v) is 1.66. The monoisotopic (exact) mass is 272 g/mol. The summed E-state index contributed by atoms with van der Waals surface area (Å²) in [4.78, 5) is 0. The number of benzene rings is 2. The van der Waals surface area contributed by atoms with Crippen LogP contribution in [-0.2, 0) is 0 Å². The smallest absolute Gasteiger partial charge is 0.0932 e. The number of azo groups is 2. The highest BCUT2D eigenvalue weighted by Gasteiger charge is 2.03. The van der Waals surface area contributed by atoms with Gasteiger partial charge >= 0.3 is 0 Å². The molecule has 0 saturated carbocycles. The molecule has 0 amide bonds. The number of hydrogen-bond donors (Lipinski definition) is 0. The molecule has 0 heterocycles. The molecule has 0 fully saturated rings. The molecule has 20 heavy (non-hydrogen) atoms. The van der Waals surface area contributed by atoms with Crippen LogP contribution in [0.4, 0.5) is 11.4 Å².